The molecular weight excluding hydrogens is 254 g/mol. The maximum Gasteiger partial charge on any atom is 0.303 e. The van der Waals surface area contributed by atoms with E-state index in [1.54, 1.807) is 17.5 Å². The fourth-order valence-corrected chi connectivity index (χ4v) is 3.23. The van der Waals surface area contributed by atoms with E-state index in [2.05, 4.69) is 33.7 Å². The molecule has 0 aliphatic rings. The van der Waals surface area contributed by atoms with E-state index in [1.807, 2.05) is 35.0 Å². The highest BCUT2D eigenvalue weighted by atomic mass is 32.1. The summed E-state index contributed by atoms with van der Waals surface area (Å²) < 4.78 is 1.99. The molecule has 0 N–H and O–H groups in total. The van der Waals surface area contributed by atoms with Gasteiger partial charge in [0.25, 0.3) is 5.69 Å². The Labute approximate surface area is 113 Å². The van der Waals surface area contributed by atoms with Crippen LogP contribution in [0.25, 0.3) is 27.0 Å². The number of thiazole rings is 1. The summed E-state index contributed by atoms with van der Waals surface area (Å²) >= 11 is 1.70. The number of fused-ring (bicyclic) bond motifs is 3. The zero-order valence-electron chi connectivity index (χ0n) is 10.0. The van der Waals surface area contributed by atoms with E-state index < -0.39 is 0 Å². The lowest BCUT2D eigenvalue weighted by molar-refractivity contribution is -0.564. The molecule has 0 fully saturated rings. The van der Waals surface area contributed by atoms with E-state index in [1.165, 1.54) is 5.56 Å². The molecule has 0 atom stereocenters. The topological polar surface area (TPSA) is 29.9 Å². The zero-order valence-corrected chi connectivity index (χ0v) is 10.8. The second-order valence-corrected chi connectivity index (χ2v) is 5.14. The highest BCUT2D eigenvalue weighted by Gasteiger charge is 2.19. The second kappa shape index (κ2) is 4.10. The maximum atomic E-state index is 4.51. The molecule has 4 rings (SSSR count). The lowest BCUT2D eigenvalue weighted by Gasteiger charge is -1.93. The largest absolute Gasteiger partial charge is 0.303 e. The van der Waals surface area contributed by atoms with Crippen molar-refractivity contribution < 1.29 is 4.52 Å². The summed E-state index contributed by atoms with van der Waals surface area (Å²) in [5.74, 6) is 0. The van der Waals surface area contributed by atoms with Crippen LogP contribution in [0.2, 0.25) is 0 Å². The van der Waals surface area contributed by atoms with E-state index in [0.29, 0.717) is 0 Å². The van der Waals surface area contributed by atoms with Crippen LogP contribution in [0.3, 0.4) is 0 Å². The number of hydrogen-bond donors (Lipinski definition) is 0. The molecule has 3 nitrogen and oxygen atoms in total. The standard InChI is InChI=1S/C15H10N3S/c1-2-5-11(6-3-1)14-10-19-15-12-7-4-8-16-13(12)9-17-18(14)15/h1-10H/q+1. The molecular formula is C15H10N3S+. The maximum absolute atomic E-state index is 4.51. The normalized spacial score (nSPS) is 11.2. The minimum absolute atomic E-state index is 0.934. The molecule has 4 heteroatoms. The van der Waals surface area contributed by atoms with Gasteiger partial charge >= 0.3 is 4.83 Å². The van der Waals surface area contributed by atoms with Gasteiger partial charge in [0, 0.05) is 11.3 Å². The minimum Gasteiger partial charge on any atom is -0.254 e. The Bertz CT molecular complexity index is 868. The molecule has 3 heterocycles. The zero-order chi connectivity index (χ0) is 12.7. The predicted octanol–water partition coefficient (Wildman–Crippen LogP) is 3.10. The van der Waals surface area contributed by atoms with Gasteiger partial charge in [-0.15, -0.1) is 0 Å². The fourth-order valence-electron chi connectivity index (χ4n) is 2.23. The summed E-state index contributed by atoms with van der Waals surface area (Å²) in [6.45, 7) is 0. The monoisotopic (exact) mass is 264 g/mol. The van der Waals surface area contributed by atoms with E-state index in [4.69, 9.17) is 0 Å². The third-order valence-corrected chi connectivity index (χ3v) is 4.09. The Hall–Kier alpha value is -2.33. The quantitative estimate of drug-likeness (QED) is 0.494. The highest BCUT2D eigenvalue weighted by Crippen LogP contribution is 2.24. The molecule has 0 radical (unpaired) electrons. The van der Waals surface area contributed by atoms with E-state index in [9.17, 15) is 0 Å². The summed E-state index contributed by atoms with van der Waals surface area (Å²) in [4.78, 5) is 5.47. The fraction of sp³-hybridized carbons (Fsp3) is 0. The summed E-state index contributed by atoms with van der Waals surface area (Å²) in [5, 5.41) is 7.80. The molecule has 19 heavy (non-hydrogen) atoms. The molecule has 3 aromatic heterocycles. The lowest BCUT2D eigenvalue weighted by Crippen LogP contribution is -2.26. The van der Waals surface area contributed by atoms with Crippen LogP contribution in [0.1, 0.15) is 0 Å². The van der Waals surface area contributed by atoms with Crippen molar-refractivity contribution in [2.75, 3.05) is 0 Å². The Morgan fingerprint density at radius 3 is 2.79 bits per heavy atom. The molecule has 1 aromatic carbocycles. The number of nitrogens with zero attached hydrogens (tertiary/aromatic N) is 3. The average Bonchev–Trinajstić information content (AvgIpc) is 2.92. The van der Waals surface area contributed by atoms with Crippen molar-refractivity contribution in [2.45, 2.75) is 0 Å². The van der Waals surface area contributed by atoms with Crippen LogP contribution in [-0.2, 0) is 0 Å². The van der Waals surface area contributed by atoms with E-state index in [-0.39, 0.29) is 0 Å². The Balaban J connectivity index is 2.08. The molecule has 0 bridgehead atoms. The summed E-state index contributed by atoms with van der Waals surface area (Å²) in [6.07, 6.45) is 3.62. The molecule has 0 aliphatic carbocycles. The summed E-state index contributed by atoms with van der Waals surface area (Å²) in [7, 11) is 0. The van der Waals surface area contributed by atoms with Crippen molar-refractivity contribution >= 4 is 27.1 Å². The lowest BCUT2D eigenvalue weighted by atomic mass is 10.2. The van der Waals surface area contributed by atoms with Crippen LogP contribution in [0.5, 0.6) is 0 Å². The van der Waals surface area contributed by atoms with Gasteiger partial charge in [0.05, 0.1) is 16.3 Å². The van der Waals surface area contributed by atoms with Crippen molar-refractivity contribution in [3.8, 4) is 11.3 Å². The van der Waals surface area contributed by atoms with Crippen molar-refractivity contribution in [1.29, 1.82) is 0 Å². The first-order valence-electron chi connectivity index (χ1n) is 6.02. The first-order chi connectivity index (χ1) is 9.43. The van der Waals surface area contributed by atoms with Gasteiger partial charge in [-0.3, -0.25) is 4.98 Å². The number of hydrogen-bond acceptors (Lipinski definition) is 3. The summed E-state index contributed by atoms with van der Waals surface area (Å²) in [5.41, 5.74) is 3.23. The van der Waals surface area contributed by atoms with Crippen LogP contribution in [-0.4, -0.2) is 10.1 Å². The van der Waals surface area contributed by atoms with Crippen LogP contribution in [0.4, 0.5) is 0 Å². The van der Waals surface area contributed by atoms with Crippen LogP contribution >= 0.6 is 11.3 Å². The smallest absolute Gasteiger partial charge is 0.254 e. The van der Waals surface area contributed by atoms with E-state index in [0.717, 1.165) is 21.4 Å². The third kappa shape index (κ3) is 1.61. The highest BCUT2D eigenvalue weighted by molar-refractivity contribution is 7.16. The first kappa shape index (κ1) is 10.6. The molecule has 0 saturated carbocycles. The van der Waals surface area contributed by atoms with Gasteiger partial charge in [-0.1, -0.05) is 29.5 Å². The molecule has 0 unspecified atom stereocenters. The molecule has 0 amide bonds. The van der Waals surface area contributed by atoms with Gasteiger partial charge in [-0.2, -0.15) is 0 Å². The number of rotatable bonds is 1. The molecule has 0 spiro atoms. The second-order valence-electron chi connectivity index (χ2n) is 4.28. The molecule has 0 aliphatic heterocycles. The Morgan fingerprint density at radius 2 is 1.89 bits per heavy atom. The van der Waals surface area contributed by atoms with Crippen LogP contribution in [0, 0.1) is 0 Å². The van der Waals surface area contributed by atoms with Crippen molar-refractivity contribution in [3.05, 3.63) is 60.2 Å². The first-order valence-corrected chi connectivity index (χ1v) is 6.90. The van der Waals surface area contributed by atoms with E-state index >= 15 is 0 Å². The SMILES string of the molecule is c1ccc(-c2csc3c4cccnc4cn[n+]23)cc1. The van der Waals surface area contributed by atoms with Gasteiger partial charge in [0.15, 0.2) is 0 Å². The number of pyridine rings is 1. The minimum atomic E-state index is 0.934. The number of benzene rings is 1. The van der Waals surface area contributed by atoms with Gasteiger partial charge < -0.3 is 0 Å². The van der Waals surface area contributed by atoms with Crippen molar-refractivity contribution in [1.82, 2.24) is 10.1 Å². The summed E-state index contributed by atoms with van der Waals surface area (Å²) in [6, 6.07) is 14.4. The molecule has 90 valence electrons. The predicted molar refractivity (Wildman–Crippen MR) is 76.0 cm³/mol. The molecule has 4 aromatic rings. The van der Waals surface area contributed by atoms with Crippen LogP contribution < -0.4 is 4.52 Å². The average molecular weight is 264 g/mol. The number of aromatic nitrogens is 3. The van der Waals surface area contributed by atoms with Gasteiger partial charge in [-0.25, -0.2) is 0 Å². The van der Waals surface area contributed by atoms with Crippen molar-refractivity contribution in [2.24, 2.45) is 0 Å². The Morgan fingerprint density at radius 1 is 1.00 bits per heavy atom. The van der Waals surface area contributed by atoms with Gasteiger partial charge in [-0.05, 0) is 28.8 Å². The molecule has 0 saturated heterocycles. The Kier molecular flexibility index (Phi) is 2.28. The third-order valence-electron chi connectivity index (χ3n) is 3.14. The van der Waals surface area contributed by atoms with Gasteiger partial charge in [0.2, 0.25) is 0 Å². The van der Waals surface area contributed by atoms with Crippen molar-refractivity contribution in [3.63, 3.8) is 0 Å². The van der Waals surface area contributed by atoms with Gasteiger partial charge in [0.1, 0.15) is 11.7 Å². The van der Waals surface area contributed by atoms with Crippen LogP contribution in [0.15, 0.2) is 60.2 Å².